The zero-order chi connectivity index (χ0) is 22.5. The number of hydrogen-bond donors (Lipinski definition) is 1. The van der Waals surface area contributed by atoms with Gasteiger partial charge in [-0.15, -0.1) is 0 Å². The minimum absolute atomic E-state index is 0.00232. The van der Waals surface area contributed by atoms with Gasteiger partial charge in [-0.2, -0.15) is 0 Å². The normalized spacial score (nSPS) is 15.6. The van der Waals surface area contributed by atoms with Crippen LogP contribution in [0, 0.1) is 13.8 Å². The second-order valence-corrected chi connectivity index (χ2v) is 8.82. The molecule has 0 radical (unpaired) electrons. The van der Waals surface area contributed by atoms with E-state index in [1.54, 1.807) is 0 Å². The number of carbonyl (C=O) groups excluding carboxylic acids is 2. The molecule has 1 N–H and O–H groups in total. The molecule has 0 spiro atoms. The molecule has 2 aromatic rings. The largest absolute Gasteiger partial charge is 0.481 e. The lowest BCUT2D eigenvalue weighted by Gasteiger charge is -2.34. The van der Waals surface area contributed by atoms with Crippen molar-refractivity contribution in [3.63, 3.8) is 0 Å². The topological polar surface area (TPSA) is 58.6 Å². The van der Waals surface area contributed by atoms with Gasteiger partial charge in [0.05, 0.1) is 0 Å². The summed E-state index contributed by atoms with van der Waals surface area (Å²) in [6, 6.07) is 13.7. The number of piperidine rings is 1. The van der Waals surface area contributed by atoms with Crippen LogP contribution in [0.1, 0.15) is 66.6 Å². The quantitative estimate of drug-likeness (QED) is 0.739. The Bertz CT molecular complexity index is 930. The lowest BCUT2D eigenvalue weighted by atomic mass is 10.0. The number of likely N-dealkylation sites (tertiary alicyclic amines) is 1. The van der Waals surface area contributed by atoms with Gasteiger partial charge in [-0.05, 0) is 74.4 Å². The molecule has 166 valence electrons. The third kappa shape index (κ3) is 5.66. The van der Waals surface area contributed by atoms with Crippen molar-refractivity contribution in [2.24, 2.45) is 0 Å². The number of ether oxygens (including phenoxy) is 1. The molecule has 5 nitrogen and oxygen atoms in total. The Kier molecular flexibility index (Phi) is 7.37. The van der Waals surface area contributed by atoms with E-state index in [1.165, 1.54) is 5.56 Å². The molecule has 0 saturated carbocycles. The van der Waals surface area contributed by atoms with E-state index in [1.807, 2.05) is 68.1 Å². The lowest BCUT2D eigenvalue weighted by Crippen LogP contribution is -2.49. The number of aryl methyl sites for hydroxylation is 2. The van der Waals surface area contributed by atoms with E-state index in [9.17, 15) is 9.59 Å². The van der Waals surface area contributed by atoms with Gasteiger partial charge in [-0.1, -0.05) is 38.1 Å². The summed E-state index contributed by atoms with van der Waals surface area (Å²) >= 11 is 0. The monoisotopic (exact) mass is 422 g/mol. The standard InChI is InChI=1S/C26H34N2O3/c1-17(2)23-8-6-7-9-24(23)31-20(5)26(30)28-14-12-22(13-15-28)27-25(29)21-11-10-18(3)19(4)16-21/h6-11,16-17,20,22H,12-15H2,1-5H3,(H,27,29). The zero-order valence-corrected chi connectivity index (χ0v) is 19.3. The van der Waals surface area contributed by atoms with E-state index in [4.69, 9.17) is 4.74 Å². The molecule has 5 heteroatoms. The maximum absolute atomic E-state index is 12.9. The highest BCUT2D eigenvalue weighted by Crippen LogP contribution is 2.27. The number of nitrogens with zero attached hydrogens (tertiary/aromatic N) is 1. The highest BCUT2D eigenvalue weighted by Gasteiger charge is 2.28. The molecule has 1 aliphatic rings. The van der Waals surface area contributed by atoms with Crippen molar-refractivity contribution in [1.82, 2.24) is 10.2 Å². The minimum Gasteiger partial charge on any atom is -0.481 e. The van der Waals surface area contributed by atoms with Crippen molar-refractivity contribution in [3.8, 4) is 5.75 Å². The van der Waals surface area contributed by atoms with Gasteiger partial charge < -0.3 is 15.0 Å². The van der Waals surface area contributed by atoms with Crippen LogP contribution in [-0.4, -0.2) is 41.9 Å². The van der Waals surface area contributed by atoms with Crippen molar-refractivity contribution < 1.29 is 14.3 Å². The first-order valence-corrected chi connectivity index (χ1v) is 11.2. The summed E-state index contributed by atoms with van der Waals surface area (Å²) in [4.78, 5) is 27.3. The third-order valence-corrected chi connectivity index (χ3v) is 6.10. The highest BCUT2D eigenvalue weighted by molar-refractivity contribution is 5.94. The van der Waals surface area contributed by atoms with Crippen LogP contribution in [-0.2, 0) is 4.79 Å². The van der Waals surface area contributed by atoms with E-state index in [0.29, 0.717) is 24.6 Å². The molecule has 1 saturated heterocycles. The molecule has 1 heterocycles. The van der Waals surface area contributed by atoms with E-state index in [-0.39, 0.29) is 17.9 Å². The third-order valence-electron chi connectivity index (χ3n) is 6.10. The summed E-state index contributed by atoms with van der Waals surface area (Å²) < 4.78 is 6.03. The summed E-state index contributed by atoms with van der Waals surface area (Å²) in [6.07, 6.45) is 0.955. The maximum atomic E-state index is 12.9. The molecule has 31 heavy (non-hydrogen) atoms. The summed E-state index contributed by atoms with van der Waals surface area (Å²) in [5, 5.41) is 3.12. The average Bonchev–Trinajstić information content (AvgIpc) is 2.75. The minimum atomic E-state index is -0.540. The lowest BCUT2D eigenvalue weighted by molar-refractivity contribution is -0.139. The van der Waals surface area contributed by atoms with E-state index in [2.05, 4.69) is 19.2 Å². The van der Waals surface area contributed by atoms with Crippen molar-refractivity contribution >= 4 is 11.8 Å². The Labute approximate surface area is 185 Å². The van der Waals surface area contributed by atoms with Crippen molar-refractivity contribution in [1.29, 1.82) is 0 Å². The number of benzene rings is 2. The van der Waals surface area contributed by atoms with Crippen LogP contribution >= 0.6 is 0 Å². The number of carbonyl (C=O) groups is 2. The van der Waals surface area contributed by atoms with E-state index >= 15 is 0 Å². The second kappa shape index (κ2) is 9.99. The highest BCUT2D eigenvalue weighted by atomic mass is 16.5. The molecule has 3 rings (SSSR count). The summed E-state index contributed by atoms with van der Waals surface area (Å²) in [5.41, 5.74) is 4.08. The first kappa shape index (κ1) is 22.9. The van der Waals surface area contributed by atoms with Gasteiger partial charge >= 0.3 is 0 Å². The van der Waals surface area contributed by atoms with Gasteiger partial charge in [0, 0.05) is 24.7 Å². The fraction of sp³-hybridized carbons (Fsp3) is 0.462. The van der Waals surface area contributed by atoms with Crippen LogP contribution in [0.2, 0.25) is 0 Å². The van der Waals surface area contributed by atoms with Gasteiger partial charge in [0.15, 0.2) is 6.10 Å². The first-order valence-electron chi connectivity index (χ1n) is 11.2. The van der Waals surface area contributed by atoms with E-state index < -0.39 is 6.10 Å². The van der Waals surface area contributed by atoms with Gasteiger partial charge in [0.2, 0.25) is 0 Å². The molecule has 1 atom stereocenters. The van der Waals surface area contributed by atoms with Gasteiger partial charge in [-0.25, -0.2) is 0 Å². The molecule has 0 bridgehead atoms. The van der Waals surface area contributed by atoms with Crippen LogP contribution < -0.4 is 10.1 Å². The Morgan fingerprint density at radius 2 is 1.68 bits per heavy atom. The second-order valence-electron chi connectivity index (χ2n) is 8.82. The number of rotatable bonds is 6. The predicted molar refractivity (Wildman–Crippen MR) is 124 cm³/mol. The van der Waals surface area contributed by atoms with Gasteiger partial charge in [0.25, 0.3) is 11.8 Å². The van der Waals surface area contributed by atoms with Gasteiger partial charge in [-0.3, -0.25) is 9.59 Å². The van der Waals surface area contributed by atoms with Crippen LogP contribution in [0.3, 0.4) is 0 Å². The van der Waals surface area contributed by atoms with Crippen molar-refractivity contribution in [2.75, 3.05) is 13.1 Å². The molecule has 0 aromatic heterocycles. The molecule has 2 amide bonds. The Morgan fingerprint density at radius 3 is 2.32 bits per heavy atom. The SMILES string of the molecule is Cc1ccc(C(=O)NC2CCN(C(=O)C(C)Oc3ccccc3C(C)C)CC2)cc1C. The molecular formula is C26H34N2O3. The number of amides is 2. The van der Waals surface area contributed by atoms with Crippen LogP contribution in [0.5, 0.6) is 5.75 Å². The molecule has 0 aliphatic carbocycles. The fourth-order valence-electron chi connectivity index (χ4n) is 3.96. The Balaban J connectivity index is 1.52. The predicted octanol–water partition coefficient (Wildman–Crippen LogP) is 4.62. The zero-order valence-electron chi connectivity index (χ0n) is 19.3. The number of hydrogen-bond acceptors (Lipinski definition) is 3. The summed E-state index contributed by atoms with van der Waals surface area (Å²) in [7, 11) is 0. The number of nitrogens with one attached hydrogen (secondary N) is 1. The van der Waals surface area contributed by atoms with Crippen LogP contribution in [0.15, 0.2) is 42.5 Å². The smallest absolute Gasteiger partial charge is 0.263 e. The Hall–Kier alpha value is -2.82. The molecule has 1 unspecified atom stereocenters. The first-order chi connectivity index (χ1) is 14.8. The van der Waals surface area contributed by atoms with Crippen LogP contribution in [0.25, 0.3) is 0 Å². The molecule has 1 fully saturated rings. The average molecular weight is 423 g/mol. The van der Waals surface area contributed by atoms with Crippen molar-refractivity contribution in [3.05, 3.63) is 64.7 Å². The molecule has 1 aliphatic heterocycles. The summed E-state index contributed by atoms with van der Waals surface area (Å²) in [6.45, 7) is 11.3. The number of para-hydroxylation sites is 1. The molecular weight excluding hydrogens is 388 g/mol. The summed E-state index contributed by atoms with van der Waals surface area (Å²) in [5.74, 6) is 1.05. The van der Waals surface area contributed by atoms with E-state index in [0.717, 1.165) is 29.7 Å². The Morgan fingerprint density at radius 1 is 1.00 bits per heavy atom. The molecule has 2 aromatic carbocycles. The van der Waals surface area contributed by atoms with Gasteiger partial charge in [0.1, 0.15) is 5.75 Å². The van der Waals surface area contributed by atoms with Crippen LogP contribution in [0.4, 0.5) is 0 Å². The van der Waals surface area contributed by atoms with Crippen molar-refractivity contribution in [2.45, 2.75) is 65.5 Å². The fourth-order valence-corrected chi connectivity index (χ4v) is 3.96. The maximum Gasteiger partial charge on any atom is 0.263 e.